The van der Waals surface area contributed by atoms with E-state index in [2.05, 4.69) is 6.92 Å². The average molecular weight is 336 g/mol. The molecule has 0 spiro atoms. The summed E-state index contributed by atoms with van der Waals surface area (Å²) in [4.78, 5) is 10.9. The highest BCUT2D eigenvalue weighted by Crippen LogP contribution is 2.22. The van der Waals surface area contributed by atoms with Crippen molar-refractivity contribution in [2.24, 2.45) is 0 Å². The molecule has 0 radical (unpaired) electrons. The van der Waals surface area contributed by atoms with Gasteiger partial charge in [0.05, 0.1) is 12.2 Å². The minimum atomic E-state index is -1.06. The summed E-state index contributed by atoms with van der Waals surface area (Å²) in [6.45, 7) is 2.80. The summed E-state index contributed by atoms with van der Waals surface area (Å²) in [6, 6.07) is 4.11. The molecule has 0 aliphatic carbocycles. The van der Waals surface area contributed by atoms with Crippen LogP contribution in [-0.2, 0) is 0 Å². The molecule has 0 saturated carbocycles. The van der Waals surface area contributed by atoms with Crippen LogP contribution in [0.25, 0.3) is 0 Å². The van der Waals surface area contributed by atoms with E-state index in [1.165, 1.54) is 76.0 Å². The molecule has 0 heterocycles. The van der Waals surface area contributed by atoms with Gasteiger partial charge in [-0.15, -0.1) is 0 Å². The first-order valence-electron chi connectivity index (χ1n) is 9.33. The lowest BCUT2D eigenvalue weighted by molar-refractivity contribution is 0.0696. The van der Waals surface area contributed by atoms with E-state index < -0.39 is 5.97 Å². The van der Waals surface area contributed by atoms with Gasteiger partial charge >= 0.3 is 5.97 Å². The van der Waals surface area contributed by atoms with Crippen LogP contribution in [0.15, 0.2) is 18.2 Å². The fourth-order valence-electron chi connectivity index (χ4n) is 2.75. The molecule has 0 amide bonds. The number of carboxylic acids is 1. The lowest BCUT2D eigenvalue weighted by atomic mass is 10.1. The Morgan fingerprint density at radius 1 is 0.875 bits per heavy atom. The lowest BCUT2D eigenvalue weighted by Gasteiger charge is -2.08. The first-order chi connectivity index (χ1) is 11.6. The number of carbonyl (C=O) groups is 1. The summed E-state index contributed by atoms with van der Waals surface area (Å²) >= 11 is 0. The summed E-state index contributed by atoms with van der Waals surface area (Å²) in [7, 11) is 0. The van der Waals surface area contributed by atoms with Crippen LogP contribution in [0.3, 0.4) is 0 Å². The maximum absolute atomic E-state index is 10.9. The van der Waals surface area contributed by atoms with Crippen molar-refractivity contribution in [3.63, 3.8) is 0 Å². The van der Waals surface area contributed by atoms with Crippen molar-refractivity contribution in [1.82, 2.24) is 0 Å². The highest BCUT2D eigenvalue weighted by Gasteiger charge is 2.07. The predicted octanol–water partition coefficient (Wildman–Crippen LogP) is 5.78. The number of hydrogen-bond donors (Lipinski definition) is 2. The second kappa shape index (κ2) is 12.7. The van der Waals surface area contributed by atoms with Crippen molar-refractivity contribution >= 4 is 5.97 Å². The van der Waals surface area contributed by atoms with Gasteiger partial charge in [0.2, 0.25) is 0 Å². The third-order valence-electron chi connectivity index (χ3n) is 4.15. The quantitative estimate of drug-likeness (QED) is 0.423. The molecular formula is C20H32O4. The molecule has 0 aromatic heterocycles. The van der Waals surface area contributed by atoms with E-state index in [1.54, 1.807) is 0 Å². The Labute approximate surface area is 145 Å². The van der Waals surface area contributed by atoms with Gasteiger partial charge in [-0.3, -0.25) is 0 Å². The monoisotopic (exact) mass is 336 g/mol. The molecule has 0 saturated heterocycles. The lowest BCUT2D eigenvalue weighted by Crippen LogP contribution is -2.00. The van der Waals surface area contributed by atoms with E-state index in [1.807, 2.05) is 0 Å². The van der Waals surface area contributed by atoms with E-state index in [0.717, 1.165) is 12.8 Å². The molecule has 2 N–H and O–H groups in total. The standard InChI is InChI=1S/C20H32O4/c1-2-3-4-5-6-7-8-9-10-11-12-13-24-19-15-17(20(22)23)14-18(21)16-19/h14-16,21H,2-13H2,1H3,(H,22,23). The Bertz CT molecular complexity index is 471. The van der Waals surface area contributed by atoms with Gasteiger partial charge in [0.1, 0.15) is 11.5 Å². The minimum Gasteiger partial charge on any atom is -0.508 e. The van der Waals surface area contributed by atoms with Crippen LogP contribution in [-0.4, -0.2) is 22.8 Å². The molecule has 4 nitrogen and oxygen atoms in total. The first-order valence-corrected chi connectivity index (χ1v) is 9.33. The second-order valence-electron chi connectivity index (χ2n) is 6.40. The topological polar surface area (TPSA) is 66.8 Å². The fraction of sp³-hybridized carbons (Fsp3) is 0.650. The van der Waals surface area contributed by atoms with Crippen LogP contribution >= 0.6 is 0 Å². The van der Waals surface area contributed by atoms with Gasteiger partial charge in [-0.25, -0.2) is 4.79 Å². The number of phenols is 1. The van der Waals surface area contributed by atoms with Gasteiger partial charge in [-0.2, -0.15) is 0 Å². The van der Waals surface area contributed by atoms with Gasteiger partial charge in [-0.05, 0) is 18.6 Å². The van der Waals surface area contributed by atoms with Crippen molar-refractivity contribution in [1.29, 1.82) is 0 Å². The van der Waals surface area contributed by atoms with Crippen molar-refractivity contribution < 1.29 is 19.7 Å². The highest BCUT2D eigenvalue weighted by molar-refractivity contribution is 5.88. The Morgan fingerprint density at radius 3 is 1.96 bits per heavy atom. The summed E-state index contributed by atoms with van der Waals surface area (Å²) in [5.41, 5.74) is 0.0453. The predicted molar refractivity (Wildman–Crippen MR) is 97.0 cm³/mol. The van der Waals surface area contributed by atoms with Crippen LogP contribution in [0.2, 0.25) is 0 Å². The van der Waals surface area contributed by atoms with Crippen LogP contribution in [0.4, 0.5) is 0 Å². The molecule has 24 heavy (non-hydrogen) atoms. The maximum Gasteiger partial charge on any atom is 0.335 e. The maximum atomic E-state index is 10.9. The molecule has 1 aromatic rings. The molecule has 1 rings (SSSR count). The summed E-state index contributed by atoms with van der Waals surface area (Å²) in [5, 5.41) is 18.4. The van der Waals surface area contributed by atoms with E-state index >= 15 is 0 Å². The fourth-order valence-corrected chi connectivity index (χ4v) is 2.75. The van der Waals surface area contributed by atoms with Crippen LogP contribution in [0.1, 0.15) is 87.9 Å². The second-order valence-corrected chi connectivity index (χ2v) is 6.40. The molecule has 0 aliphatic heterocycles. The molecule has 0 atom stereocenters. The van der Waals surface area contributed by atoms with E-state index in [0.29, 0.717) is 12.4 Å². The van der Waals surface area contributed by atoms with Gasteiger partial charge in [0.25, 0.3) is 0 Å². The van der Waals surface area contributed by atoms with Gasteiger partial charge < -0.3 is 14.9 Å². The van der Waals surface area contributed by atoms with Crippen molar-refractivity contribution in [2.45, 2.75) is 77.6 Å². The van der Waals surface area contributed by atoms with Crippen molar-refractivity contribution in [2.75, 3.05) is 6.61 Å². The Kier molecular flexibility index (Phi) is 10.7. The normalized spacial score (nSPS) is 10.7. The van der Waals surface area contributed by atoms with Crippen molar-refractivity contribution in [3.05, 3.63) is 23.8 Å². The first kappa shape index (κ1) is 20.3. The average Bonchev–Trinajstić information content (AvgIpc) is 2.55. The van der Waals surface area contributed by atoms with E-state index in [-0.39, 0.29) is 11.3 Å². The Balaban J connectivity index is 2.02. The van der Waals surface area contributed by atoms with Crippen LogP contribution in [0, 0.1) is 0 Å². The Morgan fingerprint density at radius 2 is 1.42 bits per heavy atom. The van der Waals surface area contributed by atoms with Crippen LogP contribution in [0.5, 0.6) is 11.5 Å². The number of hydrogen-bond acceptors (Lipinski definition) is 3. The SMILES string of the molecule is CCCCCCCCCCCCCOc1cc(O)cc(C(=O)O)c1. The third kappa shape index (κ3) is 9.43. The molecule has 1 aromatic carbocycles. The van der Waals surface area contributed by atoms with Gasteiger partial charge in [0, 0.05) is 6.07 Å². The summed E-state index contributed by atoms with van der Waals surface area (Å²) in [5.74, 6) is -0.728. The number of aromatic carboxylic acids is 1. The Hall–Kier alpha value is -1.71. The third-order valence-corrected chi connectivity index (χ3v) is 4.15. The van der Waals surface area contributed by atoms with Gasteiger partial charge in [0.15, 0.2) is 0 Å². The molecule has 136 valence electrons. The summed E-state index contributed by atoms with van der Waals surface area (Å²) < 4.78 is 5.54. The number of aromatic hydroxyl groups is 1. The molecule has 0 fully saturated rings. The zero-order valence-corrected chi connectivity index (χ0v) is 14.9. The highest BCUT2D eigenvalue weighted by atomic mass is 16.5. The zero-order valence-electron chi connectivity index (χ0n) is 14.9. The number of phenolic OH excluding ortho intramolecular Hbond substituents is 1. The zero-order chi connectivity index (χ0) is 17.6. The number of ether oxygens (including phenoxy) is 1. The largest absolute Gasteiger partial charge is 0.508 e. The molecular weight excluding hydrogens is 304 g/mol. The molecule has 0 bridgehead atoms. The number of carboxylic acid groups (broad SMARTS) is 1. The van der Waals surface area contributed by atoms with Crippen LogP contribution < -0.4 is 4.74 Å². The number of rotatable bonds is 14. The molecule has 0 unspecified atom stereocenters. The molecule has 4 heteroatoms. The van der Waals surface area contributed by atoms with Gasteiger partial charge in [-0.1, -0.05) is 71.1 Å². The summed E-state index contributed by atoms with van der Waals surface area (Å²) in [6.07, 6.45) is 14.1. The minimum absolute atomic E-state index is 0.0453. The van der Waals surface area contributed by atoms with E-state index in [4.69, 9.17) is 9.84 Å². The van der Waals surface area contributed by atoms with Crippen molar-refractivity contribution in [3.8, 4) is 11.5 Å². The number of unbranched alkanes of at least 4 members (excludes halogenated alkanes) is 10. The molecule has 0 aliphatic rings. The smallest absolute Gasteiger partial charge is 0.335 e. The van der Waals surface area contributed by atoms with E-state index in [9.17, 15) is 9.90 Å². The number of benzene rings is 1.